The number of anilines is 1. The molecule has 1 aromatic carbocycles. The van der Waals surface area contributed by atoms with Gasteiger partial charge in [0.2, 0.25) is 0 Å². The zero-order valence-corrected chi connectivity index (χ0v) is 13.5. The first-order valence-electron chi connectivity index (χ1n) is 7.83. The van der Waals surface area contributed by atoms with Crippen molar-refractivity contribution >= 4 is 5.69 Å². The number of rotatable bonds is 7. The fourth-order valence-corrected chi connectivity index (χ4v) is 2.70. The number of fused-ring (bicyclic) bond motifs is 1. The molecule has 21 heavy (non-hydrogen) atoms. The van der Waals surface area contributed by atoms with Gasteiger partial charge >= 0.3 is 0 Å². The average molecular weight is 292 g/mol. The maximum Gasteiger partial charge on any atom is 0.0701 e. The lowest BCUT2D eigenvalue weighted by Gasteiger charge is -2.34. The molecule has 118 valence electrons. The van der Waals surface area contributed by atoms with Crippen molar-refractivity contribution < 1.29 is 9.47 Å². The number of hydrogen-bond donors (Lipinski definition) is 1. The number of para-hydroxylation sites is 1. The fraction of sp³-hybridized carbons (Fsp3) is 0.647. The summed E-state index contributed by atoms with van der Waals surface area (Å²) in [6, 6.07) is 8.66. The summed E-state index contributed by atoms with van der Waals surface area (Å²) in [5.41, 5.74) is 2.84. The molecule has 0 saturated heterocycles. The second kappa shape index (κ2) is 7.78. The first-order valence-corrected chi connectivity index (χ1v) is 7.83. The molecule has 1 unspecified atom stereocenters. The van der Waals surface area contributed by atoms with Gasteiger partial charge in [-0.25, -0.2) is 0 Å². The van der Waals surface area contributed by atoms with E-state index in [4.69, 9.17) is 9.47 Å². The fourth-order valence-electron chi connectivity index (χ4n) is 2.70. The van der Waals surface area contributed by atoms with Crippen molar-refractivity contribution in [1.82, 2.24) is 5.32 Å². The first kappa shape index (κ1) is 16.3. The van der Waals surface area contributed by atoms with Gasteiger partial charge < -0.3 is 19.7 Å². The number of methoxy groups -OCH3 is 1. The number of hydrogen-bond acceptors (Lipinski definition) is 4. The van der Waals surface area contributed by atoms with E-state index in [0.29, 0.717) is 13.2 Å². The Morgan fingerprint density at radius 1 is 1.24 bits per heavy atom. The van der Waals surface area contributed by atoms with Crippen molar-refractivity contribution in [2.45, 2.75) is 32.4 Å². The minimum absolute atomic E-state index is 0.144. The lowest BCUT2D eigenvalue weighted by atomic mass is 9.98. The van der Waals surface area contributed by atoms with Crippen LogP contribution in [0, 0.1) is 0 Å². The Hall–Kier alpha value is -1.10. The molecule has 0 aliphatic carbocycles. The molecule has 0 aromatic heterocycles. The lowest BCUT2D eigenvalue weighted by Crippen LogP contribution is -2.49. The topological polar surface area (TPSA) is 33.7 Å². The van der Waals surface area contributed by atoms with Gasteiger partial charge in [-0.1, -0.05) is 25.1 Å². The molecule has 0 bridgehead atoms. The second-order valence-electron chi connectivity index (χ2n) is 5.92. The smallest absolute Gasteiger partial charge is 0.0701 e. The Bertz CT molecular complexity index is 439. The standard InChI is InChI=1S/C17H28N2O2/c1-4-17(2)14-19(9-10-21-12-11-20-3)16-8-6-5-7-15(16)13-18-17/h5-8,18H,4,9-14H2,1-3H3. The minimum atomic E-state index is 0.144. The molecule has 0 saturated carbocycles. The molecule has 1 aliphatic heterocycles. The molecule has 0 amide bonds. The Kier molecular flexibility index (Phi) is 6.03. The molecule has 4 heteroatoms. The van der Waals surface area contributed by atoms with E-state index in [-0.39, 0.29) is 5.54 Å². The Labute approximate surface area is 128 Å². The van der Waals surface area contributed by atoms with Gasteiger partial charge in [0.15, 0.2) is 0 Å². The van der Waals surface area contributed by atoms with Crippen molar-refractivity contribution in [3.05, 3.63) is 29.8 Å². The van der Waals surface area contributed by atoms with Gasteiger partial charge in [-0.2, -0.15) is 0 Å². The van der Waals surface area contributed by atoms with Gasteiger partial charge in [0.05, 0.1) is 19.8 Å². The van der Waals surface area contributed by atoms with Gasteiger partial charge in [-0.15, -0.1) is 0 Å². The van der Waals surface area contributed by atoms with E-state index in [9.17, 15) is 0 Å². The Morgan fingerprint density at radius 2 is 2.05 bits per heavy atom. The first-order chi connectivity index (χ1) is 10.2. The van der Waals surface area contributed by atoms with E-state index in [2.05, 4.69) is 48.3 Å². The third-order valence-corrected chi connectivity index (χ3v) is 4.30. The van der Waals surface area contributed by atoms with Crippen LogP contribution in [0.1, 0.15) is 25.8 Å². The van der Waals surface area contributed by atoms with E-state index >= 15 is 0 Å². The predicted octanol–water partition coefficient (Wildman–Crippen LogP) is 2.43. The largest absolute Gasteiger partial charge is 0.382 e. The quantitative estimate of drug-likeness (QED) is 0.783. The molecule has 1 heterocycles. The van der Waals surface area contributed by atoms with Crippen LogP contribution in [0.3, 0.4) is 0 Å². The average Bonchev–Trinajstić information content (AvgIpc) is 2.65. The number of benzene rings is 1. The number of nitrogens with zero attached hydrogens (tertiary/aromatic N) is 1. The van der Waals surface area contributed by atoms with E-state index in [0.717, 1.165) is 32.7 Å². The van der Waals surface area contributed by atoms with Crippen LogP contribution in [-0.2, 0) is 16.0 Å². The molecule has 1 aromatic rings. The molecule has 1 atom stereocenters. The van der Waals surface area contributed by atoms with Crippen LogP contribution in [0.2, 0.25) is 0 Å². The van der Waals surface area contributed by atoms with Gasteiger partial charge in [0, 0.05) is 38.0 Å². The normalized spacial score (nSPS) is 22.0. The zero-order chi connectivity index (χ0) is 15.1. The van der Waals surface area contributed by atoms with E-state index in [1.807, 2.05) is 0 Å². The molecule has 4 nitrogen and oxygen atoms in total. The minimum Gasteiger partial charge on any atom is -0.382 e. The summed E-state index contributed by atoms with van der Waals surface area (Å²) in [6.07, 6.45) is 1.11. The summed E-state index contributed by atoms with van der Waals surface area (Å²) in [6.45, 7) is 9.46. The van der Waals surface area contributed by atoms with Gasteiger partial charge in [-0.05, 0) is 25.0 Å². The number of nitrogens with one attached hydrogen (secondary N) is 1. The third-order valence-electron chi connectivity index (χ3n) is 4.30. The highest BCUT2D eigenvalue weighted by Gasteiger charge is 2.28. The summed E-state index contributed by atoms with van der Waals surface area (Å²) < 4.78 is 10.7. The second-order valence-corrected chi connectivity index (χ2v) is 5.92. The van der Waals surface area contributed by atoms with Crippen LogP contribution in [0.25, 0.3) is 0 Å². The summed E-state index contributed by atoms with van der Waals surface area (Å²) in [5.74, 6) is 0. The van der Waals surface area contributed by atoms with Gasteiger partial charge in [0.25, 0.3) is 0 Å². The summed E-state index contributed by atoms with van der Waals surface area (Å²) in [5, 5.41) is 3.70. The molecule has 0 spiro atoms. The molecule has 1 aliphatic rings. The van der Waals surface area contributed by atoms with Crippen LogP contribution in [-0.4, -0.2) is 45.6 Å². The zero-order valence-electron chi connectivity index (χ0n) is 13.5. The van der Waals surface area contributed by atoms with E-state index < -0.39 is 0 Å². The van der Waals surface area contributed by atoms with Crippen LogP contribution in [0.4, 0.5) is 5.69 Å². The highest BCUT2D eigenvalue weighted by atomic mass is 16.5. The maximum absolute atomic E-state index is 5.65. The molecule has 0 radical (unpaired) electrons. The van der Waals surface area contributed by atoms with Crippen molar-refractivity contribution in [3.63, 3.8) is 0 Å². The van der Waals surface area contributed by atoms with Crippen LogP contribution >= 0.6 is 0 Å². The van der Waals surface area contributed by atoms with Crippen molar-refractivity contribution in [2.75, 3.05) is 44.9 Å². The van der Waals surface area contributed by atoms with E-state index in [1.165, 1.54) is 11.3 Å². The van der Waals surface area contributed by atoms with Crippen molar-refractivity contribution in [1.29, 1.82) is 0 Å². The van der Waals surface area contributed by atoms with Crippen LogP contribution in [0.15, 0.2) is 24.3 Å². The predicted molar refractivity (Wildman–Crippen MR) is 86.9 cm³/mol. The summed E-state index contributed by atoms with van der Waals surface area (Å²) in [7, 11) is 1.70. The Morgan fingerprint density at radius 3 is 2.81 bits per heavy atom. The van der Waals surface area contributed by atoms with Crippen LogP contribution in [0.5, 0.6) is 0 Å². The molecule has 2 rings (SSSR count). The number of ether oxygens (including phenoxy) is 2. The van der Waals surface area contributed by atoms with Crippen LogP contribution < -0.4 is 10.2 Å². The highest BCUT2D eigenvalue weighted by molar-refractivity contribution is 5.55. The molecular weight excluding hydrogens is 264 g/mol. The Balaban J connectivity index is 2.04. The van der Waals surface area contributed by atoms with Gasteiger partial charge in [0.1, 0.15) is 0 Å². The van der Waals surface area contributed by atoms with Crippen molar-refractivity contribution in [3.8, 4) is 0 Å². The van der Waals surface area contributed by atoms with E-state index in [1.54, 1.807) is 7.11 Å². The molecule has 1 N–H and O–H groups in total. The summed E-state index contributed by atoms with van der Waals surface area (Å²) in [4.78, 5) is 2.45. The molecular formula is C17H28N2O2. The summed E-state index contributed by atoms with van der Waals surface area (Å²) >= 11 is 0. The third kappa shape index (κ3) is 4.43. The van der Waals surface area contributed by atoms with Crippen molar-refractivity contribution in [2.24, 2.45) is 0 Å². The van der Waals surface area contributed by atoms with Gasteiger partial charge in [-0.3, -0.25) is 0 Å². The monoisotopic (exact) mass is 292 g/mol. The SMILES string of the molecule is CCC1(C)CN(CCOCCOC)c2ccccc2CN1. The molecule has 0 fully saturated rings. The lowest BCUT2D eigenvalue weighted by molar-refractivity contribution is 0.0737. The highest BCUT2D eigenvalue weighted by Crippen LogP contribution is 2.27. The maximum atomic E-state index is 5.65.